The molecule has 0 amide bonds. The fourth-order valence-electron chi connectivity index (χ4n) is 3.61. The number of hydrogen-bond acceptors (Lipinski definition) is 3. The zero-order valence-electron chi connectivity index (χ0n) is 12.9. The van der Waals surface area contributed by atoms with Crippen LogP contribution in [0.25, 0.3) is 0 Å². The molecule has 1 aliphatic heterocycles. The predicted molar refractivity (Wildman–Crippen MR) is 80.5 cm³/mol. The largest absolute Gasteiger partial charge is 0.381 e. The normalized spacial score (nSPS) is 26.2. The van der Waals surface area contributed by atoms with Gasteiger partial charge in [0, 0.05) is 25.3 Å². The molecular formula is C16H32N2O. The summed E-state index contributed by atoms with van der Waals surface area (Å²) in [5.41, 5.74) is 0.874. The summed E-state index contributed by atoms with van der Waals surface area (Å²) >= 11 is 0. The highest BCUT2D eigenvalue weighted by atomic mass is 16.5. The second-order valence-electron chi connectivity index (χ2n) is 6.94. The van der Waals surface area contributed by atoms with Crippen LogP contribution in [0.5, 0.6) is 0 Å². The SMILES string of the molecule is CNC1(CCNCC2(C)CCOCC2)CCCCC1. The van der Waals surface area contributed by atoms with E-state index in [2.05, 4.69) is 24.6 Å². The second kappa shape index (κ2) is 7.05. The van der Waals surface area contributed by atoms with Gasteiger partial charge in [-0.15, -0.1) is 0 Å². The van der Waals surface area contributed by atoms with Crippen molar-refractivity contribution < 1.29 is 4.74 Å². The molecule has 1 saturated heterocycles. The molecule has 3 heteroatoms. The Balaban J connectivity index is 1.67. The van der Waals surface area contributed by atoms with Crippen molar-refractivity contribution in [2.24, 2.45) is 5.41 Å². The Morgan fingerprint density at radius 2 is 1.68 bits per heavy atom. The molecule has 0 aromatic rings. The maximum absolute atomic E-state index is 5.46. The van der Waals surface area contributed by atoms with Crippen molar-refractivity contribution in [1.29, 1.82) is 0 Å². The Bertz CT molecular complexity index is 255. The molecule has 1 saturated carbocycles. The lowest BCUT2D eigenvalue weighted by Gasteiger charge is -2.38. The first-order valence-corrected chi connectivity index (χ1v) is 8.16. The van der Waals surface area contributed by atoms with Crippen LogP contribution in [0.1, 0.15) is 58.3 Å². The molecule has 0 unspecified atom stereocenters. The van der Waals surface area contributed by atoms with Crippen molar-refractivity contribution in [2.75, 3.05) is 33.4 Å². The van der Waals surface area contributed by atoms with Gasteiger partial charge in [-0.3, -0.25) is 0 Å². The molecule has 0 aromatic heterocycles. The Labute approximate surface area is 118 Å². The van der Waals surface area contributed by atoms with E-state index in [1.165, 1.54) is 51.4 Å². The van der Waals surface area contributed by atoms with Crippen LogP contribution in [0.4, 0.5) is 0 Å². The maximum Gasteiger partial charge on any atom is 0.0471 e. The average Bonchev–Trinajstić information content (AvgIpc) is 2.46. The van der Waals surface area contributed by atoms with Crippen LogP contribution < -0.4 is 10.6 Å². The van der Waals surface area contributed by atoms with Gasteiger partial charge in [-0.25, -0.2) is 0 Å². The van der Waals surface area contributed by atoms with Gasteiger partial charge >= 0.3 is 0 Å². The van der Waals surface area contributed by atoms with Gasteiger partial charge in [0.05, 0.1) is 0 Å². The van der Waals surface area contributed by atoms with Crippen LogP contribution in [0.3, 0.4) is 0 Å². The van der Waals surface area contributed by atoms with Crippen LogP contribution in [-0.2, 0) is 4.74 Å². The summed E-state index contributed by atoms with van der Waals surface area (Å²) in [4.78, 5) is 0. The van der Waals surface area contributed by atoms with Crippen molar-refractivity contribution in [2.45, 2.75) is 63.8 Å². The summed E-state index contributed by atoms with van der Waals surface area (Å²) in [5, 5.41) is 7.31. The number of rotatable bonds is 6. The number of nitrogens with one attached hydrogen (secondary N) is 2. The minimum Gasteiger partial charge on any atom is -0.381 e. The fraction of sp³-hybridized carbons (Fsp3) is 1.00. The van der Waals surface area contributed by atoms with Crippen LogP contribution in [0, 0.1) is 5.41 Å². The number of ether oxygens (including phenoxy) is 1. The summed E-state index contributed by atoms with van der Waals surface area (Å²) in [5.74, 6) is 0. The maximum atomic E-state index is 5.46. The van der Waals surface area contributed by atoms with Crippen LogP contribution in [0.15, 0.2) is 0 Å². The van der Waals surface area contributed by atoms with E-state index in [-0.39, 0.29) is 0 Å². The molecule has 0 atom stereocenters. The third-order valence-corrected chi connectivity index (χ3v) is 5.37. The molecule has 1 heterocycles. The van der Waals surface area contributed by atoms with E-state index in [1.54, 1.807) is 0 Å². The van der Waals surface area contributed by atoms with E-state index in [9.17, 15) is 0 Å². The Morgan fingerprint density at radius 3 is 2.32 bits per heavy atom. The van der Waals surface area contributed by atoms with E-state index in [4.69, 9.17) is 4.74 Å². The molecule has 1 aliphatic carbocycles. The molecule has 3 nitrogen and oxygen atoms in total. The predicted octanol–water partition coefficient (Wildman–Crippen LogP) is 2.71. The van der Waals surface area contributed by atoms with Gasteiger partial charge in [-0.1, -0.05) is 26.2 Å². The summed E-state index contributed by atoms with van der Waals surface area (Å²) in [7, 11) is 2.14. The molecule has 112 valence electrons. The van der Waals surface area contributed by atoms with Gasteiger partial charge < -0.3 is 15.4 Å². The minimum atomic E-state index is 0.418. The van der Waals surface area contributed by atoms with E-state index >= 15 is 0 Å². The van der Waals surface area contributed by atoms with Crippen molar-refractivity contribution in [1.82, 2.24) is 10.6 Å². The molecule has 2 N–H and O–H groups in total. The molecule has 19 heavy (non-hydrogen) atoms. The van der Waals surface area contributed by atoms with Crippen molar-refractivity contribution >= 4 is 0 Å². The summed E-state index contributed by atoms with van der Waals surface area (Å²) in [6, 6.07) is 0. The highest BCUT2D eigenvalue weighted by molar-refractivity contribution is 4.90. The lowest BCUT2D eigenvalue weighted by atomic mass is 9.79. The topological polar surface area (TPSA) is 33.3 Å². The smallest absolute Gasteiger partial charge is 0.0471 e. The monoisotopic (exact) mass is 268 g/mol. The highest BCUT2D eigenvalue weighted by Gasteiger charge is 2.30. The Morgan fingerprint density at radius 1 is 1.00 bits per heavy atom. The van der Waals surface area contributed by atoms with Gasteiger partial charge in [0.25, 0.3) is 0 Å². The first kappa shape index (κ1) is 15.3. The first-order valence-electron chi connectivity index (χ1n) is 8.16. The van der Waals surface area contributed by atoms with E-state index in [1.807, 2.05) is 0 Å². The highest BCUT2D eigenvalue weighted by Crippen LogP contribution is 2.31. The zero-order chi connectivity index (χ0) is 13.6. The van der Waals surface area contributed by atoms with E-state index in [0.717, 1.165) is 26.3 Å². The molecule has 0 spiro atoms. The van der Waals surface area contributed by atoms with Gasteiger partial charge in [0.2, 0.25) is 0 Å². The van der Waals surface area contributed by atoms with Crippen molar-refractivity contribution in [3.05, 3.63) is 0 Å². The van der Waals surface area contributed by atoms with Gasteiger partial charge in [0.1, 0.15) is 0 Å². The van der Waals surface area contributed by atoms with Crippen LogP contribution in [-0.4, -0.2) is 38.9 Å². The average molecular weight is 268 g/mol. The zero-order valence-corrected chi connectivity index (χ0v) is 12.9. The molecule has 2 rings (SSSR count). The van der Waals surface area contributed by atoms with Crippen LogP contribution in [0.2, 0.25) is 0 Å². The molecule has 0 bridgehead atoms. The number of hydrogen-bond donors (Lipinski definition) is 2. The fourth-order valence-corrected chi connectivity index (χ4v) is 3.61. The van der Waals surface area contributed by atoms with Gasteiger partial charge in [0.15, 0.2) is 0 Å². The Kier molecular flexibility index (Phi) is 5.67. The minimum absolute atomic E-state index is 0.418. The summed E-state index contributed by atoms with van der Waals surface area (Å²) in [6.45, 7) is 6.58. The van der Waals surface area contributed by atoms with E-state index in [0.29, 0.717) is 11.0 Å². The standard InChI is InChI=1S/C16H32N2O/c1-15(9-12-19-13-10-15)14-18-11-8-16(17-2)6-4-3-5-7-16/h17-18H,3-14H2,1-2H3. The first-order chi connectivity index (χ1) is 9.18. The van der Waals surface area contributed by atoms with Gasteiger partial charge in [-0.05, 0) is 51.1 Å². The summed E-state index contributed by atoms with van der Waals surface area (Å²) in [6.07, 6.45) is 10.6. The summed E-state index contributed by atoms with van der Waals surface area (Å²) < 4.78 is 5.46. The second-order valence-corrected chi connectivity index (χ2v) is 6.94. The molecule has 2 aliphatic rings. The molecule has 0 radical (unpaired) electrons. The van der Waals surface area contributed by atoms with Crippen molar-refractivity contribution in [3.8, 4) is 0 Å². The third-order valence-electron chi connectivity index (χ3n) is 5.37. The lowest BCUT2D eigenvalue weighted by Crippen LogP contribution is -2.47. The van der Waals surface area contributed by atoms with E-state index < -0.39 is 0 Å². The van der Waals surface area contributed by atoms with Gasteiger partial charge in [-0.2, -0.15) is 0 Å². The molecular weight excluding hydrogens is 236 g/mol. The van der Waals surface area contributed by atoms with Crippen molar-refractivity contribution in [3.63, 3.8) is 0 Å². The lowest BCUT2D eigenvalue weighted by molar-refractivity contribution is 0.0238. The third kappa shape index (κ3) is 4.44. The molecule has 0 aromatic carbocycles. The van der Waals surface area contributed by atoms with Crippen LogP contribution >= 0.6 is 0 Å². The Hall–Kier alpha value is -0.120. The quantitative estimate of drug-likeness (QED) is 0.727. The molecule has 2 fully saturated rings.